The van der Waals surface area contributed by atoms with Crippen molar-refractivity contribution in [3.63, 3.8) is 0 Å². The molecule has 1 atom stereocenters. The van der Waals surface area contributed by atoms with Crippen LogP contribution >= 0.6 is 0 Å². The van der Waals surface area contributed by atoms with E-state index < -0.39 is 0 Å². The summed E-state index contributed by atoms with van der Waals surface area (Å²) in [6.45, 7) is 8.60. The fourth-order valence-electron chi connectivity index (χ4n) is 3.32. The zero-order chi connectivity index (χ0) is 17.6. The van der Waals surface area contributed by atoms with Crippen LogP contribution in [0.3, 0.4) is 0 Å². The van der Waals surface area contributed by atoms with Gasteiger partial charge in [0.05, 0.1) is 11.3 Å². The summed E-state index contributed by atoms with van der Waals surface area (Å²) in [5.74, 6) is 1.20. The Hall–Kier alpha value is -2.27. The van der Waals surface area contributed by atoms with Gasteiger partial charge in [0.1, 0.15) is 0 Å². The molecule has 1 saturated heterocycles. The Bertz CT molecular complexity index is 685. The second-order valence-corrected chi connectivity index (χ2v) is 7.19. The zero-order valence-electron chi connectivity index (χ0n) is 15.0. The minimum Gasteiger partial charge on any atom is -0.352 e. The highest BCUT2D eigenvalue weighted by Crippen LogP contribution is 2.17. The Morgan fingerprint density at radius 2 is 2.08 bits per heavy atom. The number of carbonyl (C=O) groups is 1. The Balaban J connectivity index is 1.50. The molecule has 0 saturated carbocycles. The quantitative estimate of drug-likeness (QED) is 0.880. The Labute approximate surface area is 149 Å². The number of hydrogen-bond acceptors (Lipinski definition) is 4. The molecule has 2 aromatic rings. The first-order valence-electron chi connectivity index (χ1n) is 8.99. The Kier molecular flexibility index (Phi) is 5.76. The molecule has 5 nitrogen and oxygen atoms in total. The molecule has 3 rings (SSSR count). The molecule has 1 amide bonds. The third-order valence-electron chi connectivity index (χ3n) is 4.55. The summed E-state index contributed by atoms with van der Waals surface area (Å²) in [5.41, 5.74) is 2.45. The number of carbonyl (C=O) groups excluding carboxylic acids is 1. The summed E-state index contributed by atoms with van der Waals surface area (Å²) in [7, 11) is 0. The summed E-state index contributed by atoms with van der Waals surface area (Å²) in [6, 6.07) is 7.53. The normalized spacial score (nSPS) is 17.8. The third kappa shape index (κ3) is 4.86. The second-order valence-electron chi connectivity index (χ2n) is 7.19. The number of hydrogen-bond donors (Lipinski definition) is 1. The highest BCUT2D eigenvalue weighted by atomic mass is 16.1. The molecule has 0 radical (unpaired) electrons. The summed E-state index contributed by atoms with van der Waals surface area (Å²) in [4.78, 5) is 23.2. The molecular weight excluding hydrogens is 312 g/mol. The van der Waals surface area contributed by atoms with Crippen molar-refractivity contribution >= 4 is 5.91 Å². The Morgan fingerprint density at radius 3 is 2.76 bits per heavy atom. The number of nitrogens with one attached hydrogen (secondary N) is 1. The maximum atomic E-state index is 12.3. The van der Waals surface area contributed by atoms with Gasteiger partial charge in [-0.25, -0.2) is 0 Å². The predicted octanol–water partition coefficient (Wildman–Crippen LogP) is 2.85. The fraction of sp³-hybridized carbons (Fsp3) is 0.450. The molecule has 1 N–H and O–H groups in total. The van der Waals surface area contributed by atoms with Gasteiger partial charge in [-0.1, -0.05) is 13.8 Å². The first kappa shape index (κ1) is 17.5. The van der Waals surface area contributed by atoms with Crippen LogP contribution < -0.4 is 5.32 Å². The van der Waals surface area contributed by atoms with Gasteiger partial charge in [-0.2, -0.15) is 0 Å². The van der Waals surface area contributed by atoms with Crippen molar-refractivity contribution in [2.24, 2.45) is 11.8 Å². The average molecular weight is 338 g/mol. The van der Waals surface area contributed by atoms with Crippen LogP contribution in [0.15, 0.2) is 42.9 Å². The van der Waals surface area contributed by atoms with Crippen molar-refractivity contribution in [2.45, 2.75) is 20.3 Å². The molecule has 0 aromatic carbocycles. The number of likely N-dealkylation sites (tertiary alicyclic amines) is 1. The van der Waals surface area contributed by atoms with E-state index in [2.05, 4.69) is 34.0 Å². The summed E-state index contributed by atoms with van der Waals surface area (Å²) >= 11 is 0. The number of pyridine rings is 2. The molecule has 1 aliphatic rings. The maximum Gasteiger partial charge on any atom is 0.252 e. The standard InChI is InChI=1S/C20H26N4O/c1-15(2)13-24-10-7-16(14-24)11-23-20(25)18-3-4-19(22-12-18)17-5-8-21-9-6-17/h3-6,8-9,12,15-16H,7,10-11,13-14H2,1-2H3,(H,23,25). The topological polar surface area (TPSA) is 58.1 Å². The molecule has 3 heterocycles. The van der Waals surface area contributed by atoms with Gasteiger partial charge in [0.15, 0.2) is 0 Å². The van der Waals surface area contributed by atoms with Crippen LogP contribution in [0.4, 0.5) is 0 Å². The zero-order valence-corrected chi connectivity index (χ0v) is 15.0. The lowest BCUT2D eigenvalue weighted by molar-refractivity contribution is 0.0947. The van der Waals surface area contributed by atoms with Gasteiger partial charge in [-0.05, 0) is 49.1 Å². The van der Waals surface area contributed by atoms with Crippen molar-refractivity contribution in [1.82, 2.24) is 20.2 Å². The molecule has 0 bridgehead atoms. The van der Waals surface area contributed by atoms with Gasteiger partial charge in [-0.3, -0.25) is 14.8 Å². The highest BCUT2D eigenvalue weighted by Gasteiger charge is 2.23. The van der Waals surface area contributed by atoms with Crippen LogP contribution in [0.1, 0.15) is 30.6 Å². The molecule has 0 aliphatic carbocycles. The number of rotatable bonds is 6. The molecule has 2 aromatic heterocycles. The van der Waals surface area contributed by atoms with Crippen LogP contribution in [0, 0.1) is 11.8 Å². The van der Waals surface area contributed by atoms with E-state index in [0.29, 0.717) is 17.4 Å². The van der Waals surface area contributed by atoms with Crippen molar-refractivity contribution in [2.75, 3.05) is 26.2 Å². The average Bonchev–Trinajstić information content (AvgIpc) is 3.07. The number of nitrogens with zero attached hydrogens (tertiary/aromatic N) is 3. The van der Waals surface area contributed by atoms with Gasteiger partial charge in [-0.15, -0.1) is 0 Å². The van der Waals surface area contributed by atoms with Crippen molar-refractivity contribution in [3.8, 4) is 11.3 Å². The number of aromatic nitrogens is 2. The van der Waals surface area contributed by atoms with Crippen LogP contribution in [0.25, 0.3) is 11.3 Å². The van der Waals surface area contributed by atoms with Gasteiger partial charge in [0, 0.05) is 43.8 Å². The summed E-state index contributed by atoms with van der Waals surface area (Å²) in [6.07, 6.45) is 6.28. The largest absolute Gasteiger partial charge is 0.352 e. The fourth-order valence-corrected chi connectivity index (χ4v) is 3.32. The van der Waals surface area contributed by atoms with Crippen LogP contribution in [-0.2, 0) is 0 Å². The first-order chi connectivity index (χ1) is 12.1. The van der Waals surface area contributed by atoms with E-state index in [1.807, 2.05) is 24.3 Å². The van der Waals surface area contributed by atoms with Crippen molar-refractivity contribution in [3.05, 3.63) is 48.4 Å². The molecule has 25 heavy (non-hydrogen) atoms. The molecule has 1 unspecified atom stereocenters. The van der Waals surface area contributed by atoms with Crippen LogP contribution in [0.5, 0.6) is 0 Å². The van der Waals surface area contributed by atoms with Crippen LogP contribution in [-0.4, -0.2) is 47.0 Å². The van der Waals surface area contributed by atoms with E-state index in [0.717, 1.165) is 43.9 Å². The molecule has 1 aliphatic heterocycles. The van der Waals surface area contributed by atoms with E-state index in [1.54, 1.807) is 18.6 Å². The van der Waals surface area contributed by atoms with Crippen molar-refractivity contribution in [1.29, 1.82) is 0 Å². The molecule has 132 valence electrons. The van der Waals surface area contributed by atoms with E-state index in [4.69, 9.17) is 0 Å². The van der Waals surface area contributed by atoms with E-state index in [9.17, 15) is 4.79 Å². The molecule has 0 spiro atoms. The third-order valence-corrected chi connectivity index (χ3v) is 4.55. The van der Waals surface area contributed by atoms with Gasteiger partial charge in [0.2, 0.25) is 0 Å². The monoisotopic (exact) mass is 338 g/mol. The Morgan fingerprint density at radius 1 is 1.28 bits per heavy atom. The number of amides is 1. The minimum absolute atomic E-state index is 0.0453. The van der Waals surface area contributed by atoms with Gasteiger partial charge < -0.3 is 10.2 Å². The predicted molar refractivity (Wildman–Crippen MR) is 99.2 cm³/mol. The summed E-state index contributed by atoms with van der Waals surface area (Å²) in [5, 5.41) is 3.06. The van der Waals surface area contributed by atoms with Crippen LogP contribution in [0.2, 0.25) is 0 Å². The molecule has 1 fully saturated rings. The smallest absolute Gasteiger partial charge is 0.252 e. The summed E-state index contributed by atoms with van der Waals surface area (Å²) < 4.78 is 0. The van der Waals surface area contributed by atoms with Crippen molar-refractivity contribution < 1.29 is 4.79 Å². The lowest BCUT2D eigenvalue weighted by Gasteiger charge is -2.18. The molecular formula is C20H26N4O. The van der Waals surface area contributed by atoms with E-state index in [-0.39, 0.29) is 5.91 Å². The van der Waals surface area contributed by atoms with E-state index in [1.165, 1.54) is 0 Å². The lowest BCUT2D eigenvalue weighted by Crippen LogP contribution is -2.31. The first-order valence-corrected chi connectivity index (χ1v) is 8.99. The highest BCUT2D eigenvalue weighted by molar-refractivity contribution is 5.94. The SMILES string of the molecule is CC(C)CN1CCC(CNC(=O)c2ccc(-c3ccncc3)nc2)C1. The van der Waals surface area contributed by atoms with Gasteiger partial charge >= 0.3 is 0 Å². The lowest BCUT2D eigenvalue weighted by atomic mass is 10.1. The maximum absolute atomic E-state index is 12.3. The minimum atomic E-state index is -0.0453. The van der Waals surface area contributed by atoms with Gasteiger partial charge in [0.25, 0.3) is 5.91 Å². The molecule has 5 heteroatoms. The second kappa shape index (κ2) is 8.21. The van der Waals surface area contributed by atoms with E-state index >= 15 is 0 Å².